The van der Waals surface area contributed by atoms with Gasteiger partial charge in [-0.15, -0.1) is 5.10 Å². The van der Waals surface area contributed by atoms with Gasteiger partial charge in [0.1, 0.15) is 4.88 Å². The van der Waals surface area contributed by atoms with Crippen LogP contribution in [0.25, 0.3) is 0 Å². The van der Waals surface area contributed by atoms with Gasteiger partial charge in [-0.3, -0.25) is 4.79 Å². The number of rotatable bonds is 2. The van der Waals surface area contributed by atoms with E-state index in [1.807, 2.05) is 18.7 Å². The zero-order valence-electron chi connectivity index (χ0n) is 12.1. The van der Waals surface area contributed by atoms with E-state index < -0.39 is 0 Å². The molecule has 3 unspecified atom stereocenters. The van der Waals surface area contributed by atoms with Gasteiger partial charge >= 0.3 is 0 Å². The van der Waals surface area contributed by atoms with Crippen molar-refractivity contribution in [1.82, 2.24) is 14.5 Å². The molecule has 6 heteroatoms. The Labute approximate surface area is 123 Å². The standard InChI is InChI=1S/C14H22N4OS/c1-8(2)12-13(20-17-16-12)14(19)18-6-9-4-3-5-11(15)10(9)7-18/h8-11H,3-7,15H2,1-2H3. The van der Waals surface area contributed by atoms with Crippen LogP contribution in [0.3, 0.4) is 0 Å². The van der Waals surface area contributed by atoms with Gasteiger partial charge in [0.2, 0.25) is 0 Å². The van der Waals surface area contributed by atoms with Gasteiger partial charge in [0.15, 0.2) is 0 Å². The normalized spacial score (nSPS) is 29.8. The first-order chi connectivity index (χ1) is 9.58. The maximum atomic E-state index is 12.7. The van der Waals surface area contributed by atoms with Gasteiger partial charge in [-0.1, -0.05) is 24.8 Å². The van der Waals surface area contributed by atoms with E-state index in [4.69, 9.17) is 5.73 Å². The first-order valence-electron chi connectivity index (χ1n) is 7.45. The molecule has 1 amide bonds. The molecule has 3 rings (SSSR count). The van der Waals surface area contributed by atoms with Crippen LogP contribution in [0.1, 0.15) is 54.4 Å². The first kappa shape index (κ1) is 13.9. The number of hydrogen-bond donors (Lipinski definition) is 1. The minimum absolute atomic E-state index is 0.102. The summed E-state index contributed by atoms with van der Waals surface area (Å²) < 4.78 is 3.96. The van der Waals surface area contributed by atoms with E-state index in [9.17, 15) is 4.79 Å². The number of nitrogens with two attached hydrogens (primary N) is 1. The third kappa shape index (κ3) is 2.35. The van der Waals surface area contributed by atoms with Crippen molar-refractivity contribution in [2.45, 2.75) is 45.1 Å². The molecule has 1 saturated heterocycles. The van der Waals surface area contributed by atoms with Crippen LogP contribution in [0.5, 0.6) is 0 Å². The molecule has 20 heavy (non-hydrogen) atoms. The van der Waals surface area contributed by atoms with Crippen LogP contribution in [0, 0.1) is 11.8 Å². The van der Waals surface area contributed by atoms with E-state index in [1.165, 1.54) is 24.4 Å². The van der Waals surface area contributed by atoms with E-state index in [2.05, 4.69) is 9.59 Å². The molecule has 1 aromatic rings. The Morgan fingerprint density at radius 3 is 2.90 bits per heavy atom. The van der Waals surface area contributed by atoms with Gasteiger partial charge in [-0.2, -0.15) is 0 Å². The Morgan fingerprint density at radius 2 is 2.20 bits per heavy atom. The average molecular weight is 294 g/mol. The molecule has 5 nitrogen and oxygen atoms in total. The summed E-state index contributed by atoms with van der Waals surface area (Å²) in [6.45, 7) is 5.76. The summed E-state index contributed by atoms with van der Waals surface area (Å²) >= 11 is 1.22. The van der Waals surface area contributed by atoms with Crippen molar-refractivity contribution in [2.75, 3.05) is 13.1 Å². The second-order valence-corrected chi connectivity index (χ2v) is 7.12. The van der Waals surface area contributed by atoms with Crippen LogP contribution in [0.4, 0.5) is 0 Å². The molecule has 0 aromatic carbocycles. The number of nitrogens with zero attached hydrogens (tertiary/aromatic N) is 3. The van der Waals surface area contributed by atoms with Crippen molar-refractivity contribution in [3.05, 3.63) is 10.6 Å². The zero-order chi connectivity index (χ0) is 14.3. The van der Waals surface area contributed by atoms with E-state index in [0.717, 1.165) is 25.2 Å². The van der Waals surface area contributed by atoms with Crippen LogP contribution < -0.4 is 5.73 Å². The second kappa shape index (κ2) is 5.41. The molecule has 2 N–H and O–H groups in total. The quantitative estimate of drug-likeness (QED) is 0.903. The van der Waals surface area contributed by atoms with Gasteiger partial charge in [-0.25, -0.2) is 0 Å². The number of aromatic nitrogens is 2. The molecule has 2 aliphatic rings. The maximum Gasteiger partial charge on any atom is 0.267 e. The maximum absolute atomic E-state index is 12.7. The van der Waals surface area contributed by atoms with Gasteiger partial charge < -0.3 is 10.6 Å². The summed E-state index contributed by atoms with van der Waals surface area (Å²) in [5.41, 5.74) is 7.05. The number of likely N-dealkylation sites (tertiary alicyclic amines) is 1. The van der Waals surface area contributed by atoms with Gasteiger partial charge in [0.05, 0.1) is 5.69 Å². The fourth-order valence-corrected chi connectivity index (χ4v) is 4.34. The van der Waals surface area contributed by atoms with Crippen molar-refractivity contribution in [3.63, 3.8) is 0 Å². The lowest BCUT2D eigenvalue weighted by Crippen LogP contribution is -2.38. The van der Waals surface area contributed by atoms with Crippen molar-refractivity contribution in [2.24, 2.45) is 17.6 Å². The SMILES string of the molecule is CC(C)c1nnsc1C(=O)N1CC2CCCC(N)C2C1. The molecule has 0 radical (unpaired) electrons. The molecule has 0 bridgehead atoms. The van der Waals surface area contributed by atoms with Gasteiger partial charge in [0.25, 0.3) is 5.91 Å². The lowest BCUT2D eigenvalue weighted by Gasteiger charge is -2.29. The van der Waals surface area contributed by atoms with Crippen molar-refractivity contribution in [3.8, 4) is 0 Å². The highest BCUT2D eigenvalue weighted by Crippen LogP contribution is 2.36. The molecule has 2 heterocycles. The zero-order valence-corrected chi connectivity index (χ0v) is 12.9. The minimum Gasteiger partial charge on any atom is -0.337 e. The Bertz CT molecular complexity index is 501. The third-order valence-corrected chi connectivity index (χ3v) is 5.43. The Morgan fingerprint density at radius 1 is 1.40 bits per heavy atom. The average Bonchev–Trinajstić information content (AvgIpc) is 3.05. The number of hydrogen-bond acceptors (Lipinski definition) is 5. The molecule has 110 valence electrons. The van der Waals surface area contributed by atoms with Crippen molar-refractivity contribution in [1.29, 1.82) is 0 Å². The third-order valence-electron chi connectivity index (χ3n) is 4.70. The second-order valence-electron chi connectivity index (χ2n) is 6.37. The molecule has 1 saturated carbocycles. The number of amides is 1. The van der Waals surface area contributed by atoms with Crippen LogP contribution in [-0.2, 0) is 0 Å². The predicted octanol–water partition coefficient (Wildman–Crippen LogP) is 1.86. The molecule has 1 aliphatic heterocycles. The largest absolute Gasteiger partial charge is 0.337 e. The van der Waals surface area contributed by atoms with Crippen LogP contribution in [0.2, 0.25) is 0 Å². The molecular weight excluding hydrogens is 272 g/mol. The molecule has 2 fully saturated rings. The van der Waals surface area contributed by atoms with Gasteiger partial charge in [0, 0.05) is 19.1 Å². The van der Waals surface area contributed by atoms with Crippen molar-refractivity contribution < 1.29 is 4.79 Å². The van der Waals surface area contributed by atoms with Crippen molar-refractivity contribution >= 4 is 17.4 Å². The molecule has 1 aromatic heterocycles. The fourth-order valence-electron chi connectivity index (χ4n) is 3.55. The molecule has 0 spiro atoms. The topological polar surface area (TPSA) is 72.1 Å². The Balaban J connectivity index is 1.77. The highest BCUT2D eigenvalue weighted by atomic mass is 32.1. The summed E-state index contributed by atoms with van der Waals surface area (Å²) in [5.74, 6) is 1.41. The Kier molecular flexibility index (Phi) is 3.77. The number of fused-ring (bicyclic) bond motifs is 1. The summed E-state index contributed by atoms with van der Waals surface area (Å²) in [6, 6.07) is 0.260. The smallest absolute Gasteiger partial charge is 0.267 e. The lowest BCUT2D eigenvalue weighted by atomic mass is 9.78. The van der Waals surface area contributed by atoms with E-state index >= 15 is 0 Å². The van der Waals surface area contributed by atoms with Crippen LogP contribution in [0.15, 0.2) is 0 Å². The molecular formula is C14H22N4OS. The molecule has 3 atom stereocenters. The lowest BCUT2D eigenvalue weighted by molar-refractivity contribution is 0.0786. The van der Waals surface area contributed by atoms with E-state index in [-0.39, 0.29) is 17.9 Å². The first-order valence-corrected chi connectivity index (χ1v) is 8.22. The minimum atomic E-state index is 0.102. The number of carbonyl (C=O) groups excluding carboxylic acids is 1. The van der Waals surface area contributed by atoms with E-state index in [1.54, 1.807) is 0 Å². The van der Waals surface area contributed by atoms with E-state index in [0.29, 0.717) is 16.7 Å². The van der Waals surface area contributed by atoms with Crippen LogP contribution >= 0.6 is 11.5 Å². The summed E-state index contributed by atoms with van der Waals surface area (Å²) in [7, 11) is 0. The Hall–Kier alpha value is -1.01. The highest BCUT2D eigenvalue weighted by Gasteiger charge is 2.41. The fraction of sp³-hybridized carbons (Fsp3) is 0.786. The molecule has 1 aliphatic carbocycles. The predicted molar refractivity (Wildman–Crippen MR) is 78.7 cm³/mol. The monoisotopic (exact) mass is 294 g/mol. The van der Waals surface area contributed by atoms with Crippen LogP contribution in [-0.4, -0.2) is 39.5 Å². The van der Waals surface area contributed by atoms with Gasteiger partial charge in [-0.05, 0) is 42.1 Å². The summed E-state index contributed by atoms with van der Waals surface area (Å²) in [6.07, 6.45) is 3.51. The summed E-state index contributed by atoms with van der Waals surface area (Å²) in [4.78, 5) is 15.4. The number of carbonyl (C=O) groups is 1. The summed E-state index contributed by atoms with van der Waals surface area (Å²) in [5, 5.41) is 4.11. The highest BCUT2D eigenvalue weighted by molar-refractivity contribution is 7.08.